The van der Waals surface area contributed by atoms with E-state index in [-0.39, 0.29) is 5.41 Å². The van der Waals surface area contributed by atoms with Crippen molar-refractivity contribution in [3.8, 4) is 11.8 Å². The highest BCUT2D eigenvalue weighted by atomic mass is 16.1. The lowest BCUT2D eigenvalue weighted by atomic mass is 9.97. The summed E-state index contributed by atoms with van der Waals surface area (Å²) in [5.41, 5.74) is 0.0316. The summed E-state index contributed by atoms with van der Waals surface area (Å²) in [5.74, 6) is 6.71. The molecule has 0 aromatic heterocycles. The molecule has 1 fully saturated rings. The molecule has 1 rings (SSSR count). The lowest BCUT2D eigenvalue weighted by Gasteiger charge is -2.06. The molecule has 0 aromatic rings. The van der Waals surface area contributed by atoms with Crippen molar-refractivity contribution in [1.29, 1.82) is 0 Å². The largest absolute Gasteiger partial charge is 0.298 e. The van der Waals surface area contributed by atoms with Crippen LogP contribution in [0.15, 0.2) is 0 Å². The summed E-state index contributed by atoms with van der Waals surface area (Å²) < 4.78 is 0. The molecule has 1 aliphatic rings. The predicted octanol–water partition coefficient (Wildman–Crippen LogP) is 2.41. The molecule has 0 saturated heterocycles. The van der Waals surface area contributed by atoms with Gasteiger partial charge in [0.2, 0.25) is 0 Å². The first kappa shape index (κ1) is 9.32. The number of hydrogen-bond acceptors (Lipinski definition) is 1. The Balaban J connectivity index is 2.31. The zero-order valence-electron chi connectivity index (χ0n) is 8.11. The maximum absolute atomic E-state index is 11.2. The molecule has 0 heterocycles. The van der Waals surface area contributed by atoms with Crippen LogP contribution in [0.1, 0.15) is 40.0 Å². The molecule has 66 valence electrons. The third-order valence-electron chi connectivity index (χ3n) is 1.76. The van der Waals surface area contributed by atoms with E-state index >= 15 is 0 Å². The predicted molar refractivity (Wildman–Crippen MR) is 49.6 cm³/mol. The molecule has 0 aromatic carbocycles. The fraction of sp³-hybridized carbons (Fsp3) is 0.727. The van der Waals surface area contributed by atoms with Gasteiger partial charge < -0.3 is 0 Å². The summed E-state index contributed by atoms with van der Waals surface area (Å²) in [6.45, 7) is 6.17. The first-order valence-corrected chi connectivity index (χ1v) is 4.52. The van der Waals surface area contributed by atoms with Crippen molar-refractivity contribution in [2.24, 2.45) is 11.3 Å². The SMILES string of the molecule is CC(C)(C)C#CCC(=O)C1CC1. The maximum atomic E-state index is 11.2. The van der Waals surface area contributed by atoms with Gasteiger partial charge in [0.05, 0.1) is 6.42 Å². The van der Waals surface area contributed by atoms with Crippen LogP contribution < -0.4 is 0 Å². The van der Waals surface area contributed by atoms with Gasteiger partial charge in [-0.2, -0.15) is 0 Å². The molecule has 0 atom stereocenters. The Hall–Kier alpha value is -0.770. The van der Waals surface area contributed by atoms with E-state index in [4.69, 9.17) is 0 Å². The van der Waals surface area contributed by atoms with E-state index in [1.54, 1.807) is 0 Å². The van der Waals surface area contributed by atoms with Gasteiger partial charge in [-0.1, -0.05) is 11.8 Å². The average Bonchev–Trinajstić information content (AvgIpc) is 2.64. The molecule has 1 aliphatic carbocycles. The molecule has 0 spiro atoms. The van der Waals surface area contributed by atoms with Gasteiger partial charge in [-0.15, -0.1) is 0 Å². The molecule has 12 heavy (non-hydrogen) atoms. The molecule has 0 N–H and O–H groups in total. The van der Waals surface area contributed by atoms with Crippen LogP contribution in [0, 0.1) is 23.2 Å². The van der Waals surface area contributed by atoms with Crippen molar-refractivity contribution >= 4 is 5.78 Å². The van der Waals surface area contributed by atoms with Crippen molar-refractivity contribution in [3.63, 3.8) is 0 Å². The third kappa shape index (κ3) is 3.57. The second kappa shape index (κ2) is 3.31. The van der Waals surface area contributed by atoms with Crippen LogP contribution in [0.2, 0.25) is 0 Å². The highest BCUT2D eigenvalue weighted by Crippen LogP contribution is 2.30. The molecular weight excluding hydrogens is 148 g/mol. The molecule has 0 amide bonds. The quantitative estimate of drug-likeness (QED) is 0.573. The highest BCUT2D eigenvalue weighted by Gasteiger charge is 2.28. The van der Waals surface area contributed by atoms with Gasteiger partial charge in [-0.3, -0.25) is 4.79 Å². The van der Waals surface area contributed by atoms with E-state index in [0.717, 1.165) is 12.8 Å². The smallest absolute Gasteiger partial charge is 0.147 e. The van der Waals surface area contributed by atoms with Crippen LogP contribution in [0.5, 0.6) is 0 Å². The Morgan fingerprint density at radius 2 is 2.00 bits per heavy atom. The van der Waals surface area contributed by atoms with Crippen molar-refractivity contribution in [2.45, 2.75) is 40.0 Å². The molecule has 0 unspecified atom stereocenters. The summed E-state index contributed by atoms with van der Waals surface area (Å²) in [6.07, 6.45) is 2.65. The van der Waals surface area contributed by atoms with Crippen LogP contribution in [0.3, 0.4) is 0 Å². The zero-order chi connectivity index (χ0) is 9.19. The van der Waals surface area contributed by atoms with Gasteiger partial charge in [-0.05, 0) is 33.6 Å². The van der Waals surface area contributed by atoms with Gasteiger partial charge in [0.1, 0.15) is 5.78 Å². The van der Waals surface area contributed by atoms with Gasteiger partial charge in [0.15, 0.2) is 0 Å². The minimum Gasteiger partial charge on any atom is -0.298 e. The van der Waals surface area contributed by atoms with E-state index in [1.807, 2.05) is 0 Å². The second-order valence-electron chi connectivity index (χ2n) is 4.47. The molecule has 0 aliphatic heterocycles. The Labute approximate surface area is 74.5 Å². The van der Waals surface area contributed by atoms with Crippen molar-refractivity contribution in [3.05, 3.63) is 0 Å². The number of rotatable bonds is 2. The van der Waals surface area contributed by atoms with Crippen LogP contribution >= 0.6 is 0 Å². The minimum absolute atomic E-state index is 0.0316. The summed E-state index contributed by atoms with van der Waals surface area (Å²) in [7, 11) is 0. The Bertz CT molecular complexity index is 230. The fourth-order valence-electron chi connectivity index (χ4n) is 0.946. The van der Waals surface area contributed by atoms with E-state index in [9.17, 15) is 4.79 Å². The lowest BCUT2D eigenvalue weighted by molar-refractivity contribution is -0.119. The minimum atomic E-state index is 0.0316. The molecule has 0 bridgehead atoms. The first-order chi connectivity index (χ1) is 5.49. The standard InChI is InChI=1S/C11H16O/c1-11(2,3)8-4-5-10(12)9-6-7-9/h9H,5-7H2,1-3H3. The fourth-order valence-corrected chi connectivity index (χ4v) is 0.946. The number of ketones is 1. The second-order valence-corrected chi connectivity index (χ2v) is 4.47. The average molecular weight is 164 g/mol. The van der Waals surface area contributed by atoms with Crippen LogP contribution in [0.25, 0.3) is 0 Å². The lowest BCUT2D eigenvalue weighted by Crippen LogP contribution is -2.01. The number of carbonyl (C=O) groups excluding carboxylic acids is 1. The Morgan fingerprint density at radius 1 is 1.42 bits per heavy atom. The van der Waals surface area contributed by atoms with Gasteiger partial charge >= 0.3 is 0 Å². The normalized spacial score (nSPS) is 16.6. The molecule has 1 heteroatoms. The van der Waals surface area contributed by atoms with E-state index in [2.05, 4.69) is 32.6 Å². The van der Waals surface area contributed by atoms with Gasteiger partial charge in [0, 0.05) is 11.3 Å². The topological polar surface area (TPSA) is 17.1 Å². The summed E-state index contributed by atoms with van der Waals surface area (Å²) in [6, 6.07) is 0. The highest BCUT2D eigenvalue weighted by molar-refractivity contribution is 5.85. The van der Waals surface area contributed by atoms with E-state index in [0.29, 0.717) is 18.1 Å². The van der Waals surface area contributed by atoms with Crippen molar-refractivity contribution in [1.82, 2.24) is 0 Å². The molecule has 1 nitrogen and oxygen atoms in total. The maximum Gasteiger partial charge on any atom is 0.147 e. The van der Waals surface area contributed by atoms with Crippen LogP contribution in [-0.2, 0) is 4.79 Å². The molecule has 1 saturated carbocycles. The van der Waals surface area contributed by atoms with E-state index in [1.165, 1.54) is 0 Å². The molecule has 0 radical (unpaired) electrons. The zero-order valence-corrected chi connectivity index (χ0v) is 8.11. The van der Waals surface area contributed by atoms with Gasteiger partial charge in [0.25, 0.3) is 0 Å². The number of carbonyl (C=O) groups is 1. The summed E-state index contributed by atoms with van der Waals surface area (Å²) >= 11 is 0. The summed E-state index contributed by atoms with van der Waals surface area (Å²) in [5, 5.41) is 0. The van der Waals surface area contributed by atoms with E-state index < -0.39 is 0 Å². The number of Topliss-reactive ketones (excluding diaryl/α,β-unsaturated/α-hetero) is 1. The van der Waals surface area contributed by atoms with Crippen molar-refractivity contribution < 1.29 is 4.79 Å². The van der Waals surface area contributed by atoms with Gasteiger partial charge in [-0.25, -0.2) is 0 Å². The Morgan fingerprint density at radius 3 is 2.42 bits per heavy atom. The molecular formula is C11H16O. The number of hydrogen-bond donors (Lipinski definition) is 0. The third-order valence-corrected chi connectivity index (χ3v) is 1.76. The van der Waals surface area contributed by atoms with Crippen molar-refractivity contribution in [2.75, 3.05) is 0 Å². The van der Waals surface area contributed by atoms with Crippen LogP contribution in [0.4, 0.5) is 0 Å². The first-order valence-electron chi connectivity index (χ1n) is 4.52. The van der Waals surface area contributed by atoms with Crippen LogP contribution in [-0.4, -0.2) is 5.78 Å². The Kier molecular flexibility index (Phi) is 2.57. The monoisotopic (exact) mass is 164 g/mol. The summed E-state index contributed by atoms with van der Waals surface area (Å²) in [4.78, 5) is 11.2.